The Morgan fingerprint density at radius 3 is 2.38 bits per heavy atom. The fourth-order valence-corrected chi connectivity index (χ4v) is 3.38. The number of carboxylic acid groups (broad SMARTS) is 1. The molecule has 0 aromatic carbocycles. The molecule has 0 spiro atoms. The lowest BCUT2D eigenvalue weighted by Gasteiger charge is -2.35. The van der Waals surface area contributed by atoms with E-state index in [4.69, 9.17) is 5.11 Å². The van der Waals surface area contributed by atoms with E-state index in [9.17, 15) is 9.59 Å². The third kappa shape index (κ3) is 4.59. The molecule has 1 aliphatic carbocycles. The van der Waals surface area contributed by atoms with E-state index in [1.165, 1.54) is 0 Å². The van der Waals surface area contributed by atoms with Crippen LogP contribution in [0.1, 0.15) is 45.4 Å². The van der Waals surface area contributed by atoms with Crippen LogP contribution in [0.2, 0.25) is 0 Å². The standard InChI is InChI=1S/C15H27N3O3/c1-10-8-13(6-7-18(10)2)17-15(21)16-12-5-3-4-11(9-12)14(19)20/h10-13H,3-9H2,1-2H3,(H,19,20)(H2,16,17,21). The zero-order valence-corrected chi connectivity index (χ0v) is 13.0. The van der Waals surface area contributed by atoms with Crippen molar-refractivity contribution < 1.29 is 14.7 Å². The number of nitrogens with one attached hydrogen (secondary N) is 2. The molecule has 6 heteroatoms. The Morgan fingerprint density at radius 2 is 1.76 bits per heavy atom. The van der Waals surface area contributed by atoms with Gasteiger partial charge < -0.3 is 20.6 Å². The van der Waals surface area contributed by atoms with Gasteiger partial charge >= 0.3 is 12.0 Å². The molecule has 21 heavy (non-hydrogen) atoms. The molecule has 2 fully saturated rings. The first-order valence-electron chi connectivity index (χ1n) is 7.95. The number of carbonyl (C=O) groups excluding carboxylic acids is 1. The highest BCUT2D eigenvalue weighted by Crippen LogP contribution is 2.24. The summed E-state index contributed by atoms with van der Waals surface area (Å²) in [6, 6.07) is 0.543. The van der Waals surface area contributed by atoms with E-state index < -0.39 is 5.97 Å². The maximum atomic E-state index is 12.1. The second kappa shape index (κ2) is 7.11. The lowest BCUT2D eigenvalue weighted by atomic mass is 9.86. The van der Waals surface area contributed by atoms with Crippen molar-refractivity contribution in [2.45, 2.75) is 63.6 Å². The Labute approximate surface area is 126 Å². The van der Waals surface area contributed by atoms with Crippen molar-refractivity contribution in [2.24, 2.45) is 5.92 Å². The lowest BCUT2D eigenvalue weighted by molar-refractivity contribution is -0.143. The monoisotopic (exact) mass is 297 g/mol. The van der Waals surface area contributed by atoms with E-state index in [1.807, 2.05) is 0 Å². The van der Waals surface area contributed by atoms with Crippen LogP contribution in [0.15, 0.2) is 0 Å². The second-order valence-electron chi connectivity index (χ2n) is 6.57. The molecule has 4 atom stereocenters. The Morgan fingerprint density at radius 1 is 1.10 bits per heavy atom. The van der Waals surface area contributed by atoms with E-state index in [0.29, 0.717) is 12.5 Å². The Kier molecular flexibility index (Phi) is 5.45. The number of carboxylic acids is 1. The molecule has 6 nitrogen and oxygen atoms in total. The fraction of sp³-hybridized carbons (Fsp3) is 0.867. The number of likely N-dealkylation sites (tertiary alicyclic amines) is 1. The molecule has 1 heterocycles. The molecule has 3 N–H and O–H groups in total. The molecular formula is C15H27N3O3. The predicted molar refractivity (Wildman–Crippen MR) is 80.2 cm³/mol. The molecule has 0 aromatic rings. The minimum absolute atomic E-state index is 0.0106. The highest BCUT2D eigenvalue weighted by molar-refractivity contribution is 5.75. The highest BCUT2D eigenvalue weighted by Gasteiger charge is 2.29. The third-order valence-electron chi connectivity index (χ3n) is 4.90. The first-order chi connectivity index (χ1) is 9.95. The van der Waals surface area contributed by atoms with Crippen molar-refractivity contribution in [3.63, 3.8) is 0 Å². The number of carbonyl (C=O) groups is 2. The quantitative estimate of drug-likeness (QED) is 0.735. The van der Waals surface area contributed by atoms with E-state index in [-0.39, 0.29) is 24.0 Å². The number of rotatable bonds is 3. The van der Waals surface area contributed by atoms with E-state index in [0.717, 1.165) is 38.6 Å². The number of piperidine rings is 1. The summed E-state index contributed by atoms with van der Waals surface area (Å²) >= 11 is 0. The minimum Gasteiger partial charge on any atom is -0.481 e. The average molecular weight is 297 g/mol. The van der Waals surface area contributed by atoms with Gasteiger partial charge in [-0.3, -0.25) is 4.79 Å². The van der Waals surface area contributed by atoms with Crippen molar-refractivity contribution in [2.75, 3.05) is 13.6 Å². The van der Waals surface area contributed by atoms with Crippen LogP contribution in [0.4, 0.5) is 4.79 Å². The first kappa shape index (κ1) is 16.1. The van der Waals surface area contributed by atoms with Gasteiger partial charge in [0.15, 0.2) is 0 Å². The zero-order chi connectivity index (χ0) is 15.4. The molecule has 1 aliphatic heterocycles. The largest absolute Gasteiger partial charge is 0.481 e. The van der Waals surface area contributed by atoms with Crippen LogP contribution in [0, 0.1) is 5.92 Å². The van der Waals surface area contributed by atoms with Crippen molar-refractivity contribution in [1.29, 1.82) is 0 Å². The summed E-state index contributed by atoms with van der Waals surface area (Å²) in [7, 11) is 2.11. The van der Waals surface area contributed by atoms with Gasteiger partial charge in [0.25, 0.3) is 0 Å². The van der Waals surface area contributed by atoms with E-state index in [1.54, 1.807) is 0 Å². The molecule has 1 saturated heterocycles. The van der Waals surface area contributed by atoms with Gasteiger partial charge in [-0.15, -0.1) is 0 Å². The Bertz CT molecular complexity index is 388. The molecule has 120 valence electrons. The number of urea groups is 1. The van der Waals surface area contributed by atoms with Crippen molar-refractivity contribution in [3.05, 3.63) is 0 Å². The van der Waals surface area contributed by atoms with Gasteiger partial charge in [-0.1, -0.05) is 6.42 Å². The van der Waals surface area contributed by atoms with Crippen LogP contribution in [-0.2, 0) is 4.79 Å². The normalized spacial score (nSPS) is 34.2. The molecule has 1 saturated carbocycles. The van der Waals surface area contributed by atoms with Crippen LogP contribution in [-0.4, -0.2) is 53.7 Å². The van der Waals surface area contributed by atoms with E-state index in [2.05, 4.69) is 29.5 Å². The van der Waals surface area contributed by atoms with Crippen LogP contribution in [0.25, 0.3) is 0 Å². The van der Waals surface area contributed by atoms with E-state index >= 15 is 0 Å². The number of aliphatic carboxylic acids is 1. The number of hydrogen-bond acceptors (Lipinski definition) is 3. The van der Waals surface area contributed by atoms with Gasteiger partial charge in [0.1, 0.15) is 0 Å². The molecule has 2 aliphatic rings. The number of hydrogen-bond donors (Lipinski definition) is 3. The lowest BCUT2D eigenvalue weighted by Crippen LogP contribution is -2.52. The molecule has 0 bridgehead atoms. The molecular weight excluding hydrogens is 270 g/mol. The second-order valence-corrected chi connectivity index (χ2v) is 6.57. The summed E-state index contributed by atoms with van der Waals surface area (Å²) in [5, 5.41) is 15.1. The Hall–Kier alpha value is -1.30. The van der Waals surface area contributed by atoms with Gasteiger partial charge in [-0.25, -0.2) is 4.79 Å². The summed E-state index contributed by atoms with van der Waals surface area (Å²) in [5.74, 6) is -1.06. The first-order valence-corrected chi connectivity index (χ1v) is 7.95. The summed E-state index contributed by atoms with van der Waals surface area (Å²) in [6.45, 7) is 3.17. The van der Waals surface area contributed by atoms with Crippen LogP contribution in [0.3, 0.4) is 0 Å². The minimum atomic E-state index is -0.744. The maximum Gasteiger partial charge on any atom is 0.315 e. The van der Waals surface area contributed by atoms with Crippen molar-refractivity contribution >= 4 is 12.0 Å². The van der Waals surface area contributed by atoms with Gasteiger partial charge in [-0.2, -0.15) is 0 Å². The summed E-state index contributed by atoms with van der Waals surface area (Å²) in [4.78, 5) is 25.4. The number of amides is 2. The average Bonchev–Trinajstić information content (AvgIpc) is 2.43. The van der Waals surface area contributed by atoms with Gasteiger partial charge in [-0.05, 0) is 46.1 Å². The van der Waals surface area contributed by atoms with Gasteiger partial charge in [0.2, 0.25) is 0 Å². The van der Waals surface area contributed by atoms with Crippen molar-refractivity contribution in [3.8, 4) is 0 Å². The van der Waals surface area contributed by atoms with Gasteiger partial charge in [0, 0.05) is 24.7 Å². The topological polar surface area (TPSA) is 81.7 Å². The zero-order valence-electron chi connectivity index (χ0n) is 13.0. The molecule has 0 aromatic heterocycles. The molecule has 2 rings (SSSR count). The molecule has 0 radical (unpaired) electrons. The van der Waals surface area contributed by atoms with Crippen LogP contribution >= 0.6 is 0 Å². The molecule has 2 amide bonds. The maximum absolute atomic E-state index is 12.1. The van der Waals surface area contributed by atoms with Gasteiger partial charge in [0.05, 0.1) is 5.92 Å². The van der Waals surface area contributed by atoms with Crippen LogP contribution in [0.5, 0.6) is 0 Å². The highest BCUT2D eigenvalue weighted by atomic mass is 16.4. The van der Waals surface area contributed by atoms with Crippen molar-refractivity contribution in [1.82, 2.24) is 15.5 Å². The smallest absolute Gasteiger partial charge is 0.315 e. The van der Waals surface area contributed by atoms with Crippen LogP contribution < -0.4 is 10.6 Å². The Balaban J connectivity index is 1.75. The fourth-order valence-electron chi connectivity index (χ4n) is 3.38. The molecule has 4 unspecified atom stereocenters. The predicted octanol–water partition coefficient (Wildman–Crippen LogP) is 1.41. The number of nitrogens with zero attached hydrogens (tertiary/aromatic N) is 1. The summed E-state index contributed by atoms with van der Waals surface area (Å²) < 4.78 is 0. The SMILES string of the molecule is CC1CC(NC(=O)NC2CCCC(C(=O)O)C2)CCN1C. The third-order valence-corrected chi connectivity index (χ3v) is 4.90. The summed E-state index contributed by atoms with van der Waals surface area (Å²) in [5.41, 5.74) is 0. The summed E-state index contributed by atoms with van der Waals surface area (Å²) in [6.07, 6.45) is 4.95.